The standard InChI is InChI=1S/C20H28N2O3S/c1-2-18-22-16(12-26-18)11-25-19(24)10-21-17(23)9-20-6-13-3-14(7-20)5-15(4-13)8-20/h12-15H,2-11H2,1H3,(H,21,23). The molecule has 6 heteroatoms. The predicted molar refractivity (Wildman–Crippen MR) is 99.5 cm³/mol. The number of nitrogens with one attached hydrogen (secondary N) is 1. The predicted octanol–water partition coefficient (Wildman–Crippen LogP) is 3.47. The molecule has 1 aromatic heterocycles. The van der Waals surface area contributed by atoms with Gasteiger partial charge in [0.1, 0.15) is 13.2 Å². The first kappa shape index (κ1) is 18.0. The molecule has 0 atom stereocenters. The lowest BCUT2D eigenvalue weighted by Gasteiger charge is -2.56. The molecule has 0 aromatic carbocycles. The third-order valence-electron chi connectivity index (χ3n) is 6.41. The first-order chi connectivity index (χ1) is 12.5. The molecule has 4 fully saturated rings. The highest BCUT2D eigenvalue weighted by molar-refractivity contribution is 7.09. The Hall–Kier alpha value is -1.43. The minimum atomic E-state index is -0.394. The SMILES string of the molecule is CCc1nc(COC(=O)CNC(=O)CC23CC4CC(CC(C4)C2)C3)cs1. The van der Waals surface area contributed by atoms with Crippen molar-refractivity contribution in [3.05, 3.63) is 16.1 Å². The number of aryl methyl sites for hydroxylation is 1. The van der Waals surface area contributed by atoms with Crippen molar-refractivity contribution in [1.29, 1.82) is 0 Å². The highest BCUT2D eigenvalue weighted by Gasteiger charge is 2.51. The van der Waals surface area contributed by atoms with Crippen LogP contribution >= 0.6 is 11.3 Å². The van der Waals surface area contributed by atoms with Gasteiger partial charge in [-0.2, -0.15) is 0 Å². The van der Waals surface area contributed by atoms with E-state index in [1.165, 1.54) is 38.5 Å². The molecular weight excluding hydrogens is 348 g/mol. The lowest BCUT2D eigenvalue weighted by molar-refractivity contribution is -0.146. The molecule has 4 aliphatic rings. The van der Waals surface area contributed by atoms with Crippen molar-refractivity contribution in [3.8, 4) is 0 Å². The maximum Gasteiger partial charge on any atom is 0.325 e. The van der Waals surface area contributed by atoms with Crippen LogP contribution in [0.15, 0.2) is 5.38 Å². The summed E-state index contributed by atoms with van der Waals surface area (Å²) in [5.41, 5.74) is 0.986. The number of hydrogen-bond donors (Lipinski definition) is 1. The van der Waals surface area contributed by atoms with Gasteiger partial charge in [0.05, 0.1) is 10.7 Å². The van der Waals surface area contributed by atoms with Crippen molar-refractivity contribution in [2.75, 3.05) is 6.54 Å². The highest BCUT2D eigenvalue weighted by Crippen LogP contribution is 2.61. The number of ether oxygens (including phenoxy) is 1. The number of hydrogen-bond acceptors (Lipinski definition) is 5. The van der Waals surface area contributed by atoms with Crippen molar-refractivity contribution in [2.45, 2.75) is 64.9 Å². The van der Waals surface area contributed by atoms with Crippen LogP contribution in [0.3, 0.4) is 0 Å². The van der Waals surface area contributed by atoms with E-state index in [0.29, 0.717) is 6.42 Å². The van der Waals surface area contributed by atoms with E-state index in [2.05, 4.69) is 10.3 Å². The summed E-state index contributed by atoms with van der Waals surface area (Å²) < 4.78 is 5.22. The van der Waals surface area contributed by atoms with Crippen LogP contribution in [0, 0.1) is 23.2 Å². The summed E-state index contributed by atoms with van der Waals surface area (Å²) in [7, 11) is 0. The first-order valence-electron chi connectivity index (χ1n) is 9.89. The van der Waals surface area contributed by atoms with E-state index < -0.39 is 5.97 Å². The molecule has 4 aliphatic carbocycles. The van der Waals surface area contributed by atoms with Crippen LogP contribution in [-0.4, -0.2) is 23.4 Å². The van der Waals surface area contributed by atoms with Gasteiger partial charge in [-0.25, -0.2) is 4.98 Å². The van der Waals surface area contributed by atoms with Crippen LogP contribution in [0.2, 0.25) is 0 Å². The molecule has 0 aliphatic heterocycles. The van der Waals surface area contributed by atoms with E-state index in [1.54, 1.807) is 11.3 Å². The Morgan fingerprint density at radius 1 is 1.23 bits per heavy atom. The number of amides is 1. The van der Waals surface area contributed by atoms with Gasteiger partial charge in [0.15, 0.2) is 0 Å². The van der Waals surface area contributed by atoms with E-state index >= 15 is 0 Å². The van der Waals surface area contributed by atoms with Crippen molar-refractivity contribution in [2.24, 2.45) is 23.2 Å². The minimum Gasteiger partial charge on any atom is -0.458 e. The average Bonchev–Trinajstić information content (AvgIpc) is 3.04. The molecule has 1 aromatic rings. The smallest absolute Gasteiger partial charge is 0.325 e. The number of esters is 1. The van der Waals surface area contributed by atoms with Crippen LogP contribution in [0.1, 0.15) is 62.6 Å². The molecule has 26 heavy (non-hydrogen) atoms. The summed E-state index contributed by atoms with van der Waals surface area (Å²) in [4.78, 5) is 28.7. The first-order valence-corrected chi connectivity index (χ1v) is 10.8. The van der Waals surface area contributed by atoms with Crippen LogP contribution in [0.4, 0.5) is 0 Å². The molecule has 5 nitrogen and oxygen atoms in total. The normalized spacial score (nSPS) is 31.8. The van der Waals surface area contributed by atoms with Gasteiger partial charge in [-0.1, -0.05) is 6.92 Å². The van der Waals surface area contributed by atoms with E-state index in [1.807, 2.05) is 12.3 Å². The summed E-state index contributed by atoms with van der Waals surface area (Å²) in [6.07, 6.45) is 9.23. The number of carbonyl (C=O) groups excluding carboxylic acids is 2. The quantitative estimate of drug-likeness (QED) is 0.740. The number of nitrogens with zero attached hydrogens (tertiary/aromatic N) is 1. The van der Waals surface area contributed by atoms with Crippen LogP contribution in [0.25, 0.3) is 0 Å². The lowest BCUT2D eigenvalue weighted by atomic mass is 9.49. The van der Waals surface area contributed by atoms with E-state index in [-0.39, 0.29) is 24.5 Å². The lowest BCUT2D eigenvalue weighted by Crippen LogP contribution is -2.48. The van der Waals surface area contributed by atoms with Gasteiger partial charge >= 0.3 is 5.97 Å². The zero-order chi connectivity index (χ0) is 18.1. The summed E-state index contributed by atoms with van der Waals surface area (Å²) in [6.45, 7) is 2.18. The fraction of sp³-hybridized carbons (Fsp3) is 0.750. The van der Waals surface area contributed by atoms with Gasteiger partial charge in [-0.15, -0.1) is 11.3 Å². The molecule has 0 unspecified atom stereocenters. The molecule has 1 amide bonds. The van der Waals surface area contributed by atoms with Gasteiger partial charge in [-0.05, 0) is 68.1 Å². The highest BCUT2D eigenvalue weighted by atomic mass is 32.1. The topological polar surface area (TPSA) is 68.3 Å². The molecule has 142 valence electrons. The van der Waals surface area contributed by atoms with Crippen LogP contribution in [-0.2, 0) is 27.4 Å². The Kier molecular flexibility index (Phi) is 5.04. The van der Waals surface area contributed by atoms with Crippen LogP contribution < -0.4 is 5.32 Å². The summed E-state index contributed by atoms with van der Waals surface area (Å²) in [5.74, 6) is 2.13. The van der Waals surface area contributed by atoms with Crippen molar-refractivity contribution in [1.82, 2.24) is 10.3 Å². The van der Waals surface area contributed by atoms with Gasteiger partial charge in [0, 0.05) is 11.8 Å². The Bertz CT molecular complexity index is 649. The fourth-order valence-corrected chi connectivity index (χ4v) is 6.59. The molecule has 4 bridgehead atoms. The Labute approximate surface area is 158 Å². The van der Waals surface area contributed by atoms with Gasteiger partial charge < -0.3 is 10.1 Å². The maximum atomic E-state index is 12.4. The van der Waals surface area contributed by atoms with Crippen molar-refractivity contribution in [3.63, 3.8) is 0 Å². The average molecular weight is 377 g/mol. The molecule has 0 spiro atoms. The van der Waals surface area contributed by atoms with E-state index in [0.717, 1.165) is 34.9 Å². The molecule has 4 saturated carbocycles. The van der Waals surface area contributed by atoms with Crippen LogP contribution in [0.5, 0.6) is 0 Å². The molecule has 5 rings (SSSR count). The molecule has 1 heterocycles. The Morgan fingerprint density at radius 3 is 2.46 bits per heavy atom. The monoisotopic (exact) mass is 376 g/mol. The second-order valence-corrected chi connectivity index (χ2v) is 9.56. The zero-order valence-corrected chi connectivity index (χ0v) is 16.3. The second-order valence-electron chi connectivity index (χ2n) is 8.62. The Morgan fingerprint density at radius 2 is 1.88 bits per heavy atom. The number of rotatable bonds is 7. The molecular formula is C20H28N2O3S. The molecule has 0 radical (unpaired) electrons. The van der Waals surface area contributed by atoms with Crippen molar-refractivity contribution < 1.29 is 14.3 Å². The zero-order valence-electron chi connectivity index (χ0n) is 15.5. The van der Waals surface area contributed by atoms with Crippen molar-refractivity contribution >= 4 is 23.2 Å². The van der Waals surface area contributed by atoms with Gasteiger partial charge in [-0.3, -0.25) is 9.59 Å². The third kappa shape index (κ3) is 3.95. The summed E-state index contributed by atoms with van der Waals surface area (Å²) in [6, 6.07) is 0. The van der Waals surface area contributed by atoms with E-state index in [9.17, 15) is 9.59 Å². The summed E-state index contributed by atoms with van der Waals surface area (Å²) in [5, 5.41) is 5.73. The largest absolute Gasteiger partial charge is 0.458 e. The molecule has 0 saturated heterocycles. The van der Waals surface area contributed by atoms with Gasteiger partial charge in [0.2, 0.25) is 5.91 Å². The van der Waals surface area contributed by atoms with Gasteiger partial charge in [0.25, 0.3) is 0 Å². The second kappa shape index (κ2) is 7.29. The number of carbonyl (C=O) groups is 2. The molecule has 1 N–H and O–H groups in total. The number of aromatic nitrogens is 1. The third-order valence-corrected chi connectivity index (χ3v) is 7.46. The van der Waals surface area contributed by atoms with E-state index in [4.69, 9.17) is 4.74 Å². The maximum absolute atomic E-state index is 12.4. The fourth-order valence-electron chi connectivity index (χ4n) is 5.86. The number of thiazole rings is 1. The summed E-state index contributed by atoms with van der Waals surface area (Å²) >= 11 is 1.58. The Balaban J connectivity index is 1.21. The minimum absolute atomic E-state index is 0.00540.